The third-order valence-electron chi connectivity index (χ3n) is 5.48. The van der Waals surface area contributed by atoms with Gasteiger partial charge in [-0.1, -0.05) is 60.7 Å². The SMILES string of the molecule is O=Nc1cc(NC(Cc2ccccc2)C(=O)Nc2cccc(C(F)(F)F)c2)c(O)c2ccccc12. The molecular formula is C26H20F3N3O3. The lowest BCUT2D eigenvalue weighted by Crippen LogP contribution is -2.36. The number of fused-ring (bicyclic) bond motifs is 1. The van der Waals surface area contributed by atoms with E-state index in [4.69, 9.17) is 0 Å². The lowest BCUT2D eigenvalue weighted by molar-refractivity contribution is -0.137. The van der Waals surface area contributed by atoms with Gasteiger partial charge in [0, 0.05) is 22.9 Å². The number of alkyl halides is 3. The number of phenolic OH excluding ortho intramolecular Hbond substituents is 1. The van der Waals surface area contributed by atoms with Gasteiger partial charge in [0.1, 0.15) is 17.5 Å². The molecule has 0 aliphatic rings. The lowest BCUT2D eigenvalue weighted by Gasteiger charge is -2.21. The van der Waals surface area contributed by atoms with Gasteiger partial charge in [0.25, 0.3) is 0 Å². The van der Waals surface area contributed by atoms with Crippen LogP contribution in [0.3, 0.4) is 0 Å². The molecule has 3 N–H and O–H groups in total. The molecule has 0 bridgehead atoms. The molecule has 0 aromatic heterocycles. The van der Waals surface area contributed by atoms with Crippen LogP contribution in [-0.4, -0.2) is 17.1 Å². The Hall–Kier alpha value is -4.40. The van der Waals surface area contributed by atoms with Crippen LogP contribution in [0.15, 0.2) is 90.1 Å². The Morgan fingerprint density at radius 3 is 2.29 bits per heavy atom. The van der Waals surface area contributed by atoms with Gasteiger partial charge < -0.3 is 15.7 Å². The van der Waals surface area contributed by atoms with Gasteiger partial charge in [-0.3, -0.25) is 4.79 Å². The standard InChI is InChI=1S/C26H20F3N3O3/c27-26(28,29)17-9-6-10-18(14-17)30-25(34)23(13-16-7-2-1-3-8-16)31-22-15-21(32-35)19-11-4-5-12-20(19)24(22)33/h1-12,14-15,23,31,33H,13H2,(H,30,34). The lowest BCUT2D eigenvalue weighted by atomic mass is 10.0. The summed E-state index contributed by atoms with van der Waals surface area (Å²) < 4.78 is 39.3. The quantitative estimate of drug-likeness (QED) is 0.205. The molecule has 4 aromatic carbocycles. The third kappa shape index (κ3) is 5.40. The second-order valence-corrected chi connectivity index (χ2v) is 7.88. The molecule has 9 heteroatoms. The normalized spacial score (nSPS) is 12.2. The van der Waals surface area contributed by atoms with E-state index in [1.807, 2.05) is 6.07 Å². The molecule has 6 nitrogen and oxygen atoms in total. The number of halogens is 3. The molecule has 0 aliphatic carbocycles. The van der Waals surface area contributed by atoms with E-state index < -0.39 is 23.7 Å². The van der Waals surface area contributed by atoms with Crippen LogP contribution in [0.5, 0.6) is 5.75 Å². The summed E-state index contributed by atoms with van der Waals surface area (Å²) in [5.74, 6) is -0.806. The number of rotatable bonds is 7. The van der Waals surface area contributed by atoms with Crippen molar-refractivity contribution in [2.75, 3.05) is 10.6 Å². The summed E-state index contributed by atoms with van der Waals surface area (Å²) in [5, 5.41) is 20.1. The van der Waals surface area contributed by atoms with E-state index in [-0.39, 0.29) is 29.2 Å². The predicted molar refractivity (Wildman–Crippen MR) is 129 cm³/mol. The first-order valence-electron chi connectivity index (χ1n) is 10.6. The molecule has 0 aliphatic heterocycles. The predicted octanol–water partition coefficient (Wildman–Crippen LogP) is 6.62. The summed E-state index contributed by atoms with van der Waals surface area (Å²) in [6.07, 6.45) is -4.40. The van der Waals surface area contributed by atoms with Gasteiger partial charge in [-0.15, -0.1) is 4.91 Å². The summed E-state index contributed by atoms with van der Waals surface area (Å²) in [4.78, 5) is 24.6. The average molecular weight is 479 g/mol. The molecule has 1 atom stereocenters. The number of hydrogen-bond acceptors (Lipinski definition) is 5. The van der Waals surface area contributed by atoms with E-state index in [0.29, 0.717) is 10.8 Å². The van der Waals surface area contributed by atoms with Crippen molar-refractivity contribution in [3.8, 4) is 5.75 Å². The number of nitrogens with one attached hydrogen (secondary N) is 2. The number of hydrogen-bond donors (Lipinski definition) is 3. The van der Waals surface area contributed by atoms with E-state index in [1.54, 1.807) is 48.5 Å². The van der Waals surface area contributed by atoms with E-state index >= 15 is 0 Å². The highest BCUT2D eigenvalue weighted by atomic mass is 19.4. The molecule has 1 amide bonds. The molecule has 0 saturated heterocycles. The molecule has 0 radical (unpaired) electrons. The third-order valence-corrected chi connectivity index (χ3v) is 5.48. The molecule has 178 valence electrons. The zero-order chi connectivity index (χ0) is 25.0. The van der Waals surface area contributed by atoms with Crippen LogP contribution in [0.4, 0.5) is 30.2 Å². The highest BCUT2D eigenvalue weighted by Gasteiger charge is 2.31. The van der Waals surface area contributed by atoms with Crippen LogP contribution in [-0.2, 0) is 17.4 Å². The van der Waals surface area contributed by atoms with Crippen LogP contribution >= 0.6 is 0 Å². The number of phenols is 1. The first kappa shape index (κ1) is 23.7. The van der Waals surface area contributed by atoms with Gasteiger partial charge in [-0.05, 0) is 35.0 Å². The maximum atomic E-state index is 13.2. The molecule has 0 spiro atoms. The summed E-state index contributed by atoms with van der Waals surface area (Å²) in [6.45, 7) is 0. The highest BCUT2D eigenvalue weighted by Crippen LogP contribution is 2.39. The van der Waals surface area contributed by atoms with Gasteiger partial charge >= 0.3 is 6.18 Å². The molecule has 0 saturated carbocycles. The van der Waals surface area contributed by atoms with Gasteiger partial charge in [0.05, 0.1) is 11.3 Å². The number of aromatic hydroxyl groups is 1. The monoisotopic (exact) mass is 479 g/mol. The molecule has 35 heavy (non-hydrogen) atoms. The second-order valence-electron chi connectivity index (χ2n) is 7.88. The summed E-state index contributed by atoms with van der Waals surface area (Å²) in [6, 6.07) is 20.3. The number of anilines is 2. The Kier molecular flexibility index (Phi) is 6.68. The van der Waals surface area contributed by atoms with E-state index in [0.717, 1.165) is 17.7 Å². The molecule has 4 rings (SSSR count). The number of nitrogens with zero attached hydrogens (tertiary/aromatic N) is 1. The minimum Gasteiger partial charge on any atom is -0.505 e. The van der Waals surface area contributed by atoms with Crippen molar-refractivity contribution in [1.29, 1.82) is 0 Å². The Labute approximate surface area is 198 Å². The van der Waals surface area contributed by atoms with Crippen molar-refractivity contribution in [3.05, 3.63) is 101 Å². The minimum atomic E-state index is -4.56. The molecule has 4 aromatic rings. The first-order chi connectivity index (χ1) is 16.8. The molecule has 0 heterocycles. The Morgan fingerprint density at radius 2 is 1.60 bits per heavy atom. The molecular weight excluding hydrogens is 459 g/mol. The van der Waals surface area contributed by atoms with Gasteiger partial charge in [-0.2, -0.15) is 13.2 Å². The Bertz CT molecular complexity index is 1370. The largest absolute Gasteiger partial charge is 0.505 e. The van der Waals surface area contributed by atoms with Gasteiger partial charge in [0.15, 0.2) is 0 Å². The maximum absolute atomic E-state index is 13.2. The maximum Gasteiger partial charge on any atom is 0.416 e. The van der Waals surface area contributed by atoms with Crippen molar-refractivity contribution < 1.29 is 23.1 Å². The number of benzene rings is 4. The van der Waals surface area contributed by atoms with Crippen molar-refractivity contribution >= 4 is 33.7 Å². The minimum absolute atomic E-state index is 0.0253. The van der Waals surface area contributed by atoms with Crippen LogP contribution in [0.25, 0.3) is 10.8 Å². The van der Waals surface area contributed by atoms with E-state index in [1.165, 1.54) is 18.2 Å². The molecule has 0 fully saturated rings. The summed E-state index contributed by atoms with van der Waals surface area (Å²) in [5.41, 5.74) is 0.0219. The number of carbonyl (C=O) groups is 1. The summed E-state index contributed by atoms with van der Waals surface area (Å²) in [7, 11) is 0. The van der Waals surface area contributed by atoms with E-state index in [9.17, 15) is 28.0 Å². The smallest absolute Gasteiger partial charge is 0.416 e. The summed E-state index contributed by atoms with van der Waals surface area (Å²) >= 11 is 0. The molecule has 1 unspecified atom stereocenters. The zero-order valence-electron chi connectivity index (χ0n) is 18.2. The fourth-order valence-corrected chi connectivity index (χ4v) is 3.78. The van der Waals surface area contributed by atoms with Crippen molar-refractivity contribution in [3.63, 3.8) is 0 Å². The number of nitroso groups, excluding NO2 is 1. The van der Waals surface area contributed by atoms with Crippen LogP contribution in [0, 0.1) is 4.91 Å². The van der Waals surface area contributed by atoms with E-state index in [2.05, 4.69) is 15.8 Å². The Morgan fingerprint density at radius 1 is 0.914 bits per heavy atom. The van der Waals surface area contributed by atoms with Crippen molar-refractivity contribution in [2.24, 2.45) is 5.18 Å². The van der Waals surface area contributed by atoms with Crippen LogP contribution in [0.2, 0.25) is 0 Å². The van der Waals surface area contributed by atoms with Crippen LogP contribution in [0.1, 0.15) is 11.1 Å². The Balaban J connectivity index is 1.68. The number of carbonyl (C=O) groups excluding carboxylic acids is 1. The van der Waals surface area contributed by atoms with Crippen molar-refractivity contribution in [1.82, 2.24) is 0 Å². The number of amides is 1. The van der Waals surface area contributed by atoms with Gasteiger partial charge in [0.2, 0.25) is 5.91 Å². The topological polar surface area (TPSA) is 90.8 Å². The highest BCUT2D eigenvalue weighted by molar-refractivity contribution is 6.02. The second kappa shape index (κ2) is 9.84. The first-order valence-corrected chi connectivity index (χ1v) is 10.6. The van der Waals surface area contributed by atoms with Crippen molar-refractivity contribution in [2.45, 2.75) is 18.6 Å². The fraction of sp³-hybridized carbons (Fsp3) is 0.115. The average Bonchev–Trinajstić information content (AvgIpc) is 2.85. The fourth-order valence-electron chi connectivity index (χ4n) is 3.78. The van der Waals surface area contributed by atoms with Crippen LogP contribution < -0.4 is 10.6 Å². The zero-order valence-corrected chi connectivity index (χ0v) is 18.2. The van der Waals surface area contributed by atoms with Gasteiger partial charge in [-0.25, -0.2) is 0 Å².